The van der Waals surface area contributed by atoms with E-state index in [0.717, 1.165) is 17.7 Å². The van der Waals surface area contributed by atoms with E-state index in [-0.39, 0.29) is 17.5 Å². The van der Waals surface area contributed by atoms with Gasteiger partial charge in [0.15, 0.2) is 17.5 Å². The Morgan fingerprint density at radius 2 is 1.90 bits per heavy atom. The van der Waals surface area contributed by atoms with Gasteiger partial charge in [-0.2, -0.15) is 5.10 Å². The number of pyridine rings is 1. The summed E-state index contributed by atoms with van der Waals surface area (Å²) in [5.41, 5.74) is 3.27. The predicted molar refractivity (Wildman–Crippen MR) is 107 cm³/mol. The molecule has 0 aliphatic carbocycles. The number of amides is 1. The fourth-order valence-corrected chi connectivity index (χ4v) is 4.18. The molecule has 1 atom stereocenters. The van der Waals surface area contributed by atoms with Crippen LogP contribution < -0.4 is 4.74 Å². The van der Waals surface area contributed by atoms with Gasteiger partial charge in [0, 0.05) is 42.0 Å². The second kappa shape index (κ2) is 7.72. The van der Waals surface area contributed by atoms with Gasteiger partial charge >= 0.3 is 0 Å². The van der Waals surface area contributed by atoms with Crippen LogP contribution in [-0.4, -0.2) is 39.2 Å². The number of hydrogen-bond donors (Lipinski definition) is 0. The third-order valence-electron chi connectivity index (χ3n) is 5.74. The number of aryl methyl sites for hydroxylation is 1. The normalized spacial score (nSPS) is 15.7. The first-order chi connectivity index (χ1) is 14.7. The number of hydrogen-bond acceptors (Lipinski definition) is 4. The number of carbonyl (C=O) groups excluding carboxylic acids is 1. The number of benzene rings is 1. The Labute approximate surface area is 177 Å². The van der Waals surface area contributed by atoms with Crippen molar-refractivity contribution in [2.24, 2.45) is 7.05 Å². The SMILES string of the molecule is COc1nccc(C(=O)N2CCc3c(nn(C)c3-c3cc(F)c(F)c(F)c3)[C@@H]2C)c1C. The smallest absolute Gasteiger partial charge is 0.254 e. The number of methoxy groups -OCH3 is 1. The van der Waals surface area contributed by atoms with Crippen LogP contribution in [0, 0.1) is 24.4 Å². The minimum atomic E-state index is -1.51. The molecule has 2 aromatic heterocycles. The lowest BCUT2D eigenvalue weighted by Gasteiger charge is -2.33. The highest BCUT2D eigenvalue weighted by Gasteiger charge is 2.34. The van der Waals surface area contributed by atoms with Crippen LogP contribution in [0.1, 0.15) is 40.1 Å². The molecule has 31 heavy (non-hydrogen) atoms. The molecule has 0 saturated heterocycles. The second-order valence-electron chi connectivity index (χ2n) is 7.51. The molecule has 3 heterocycles. The summed E-state index contributed by atoms with van der Waals surface area (Å²) in [6.45, 7) is 4.02. The van der Waals surface area contributed by atoms with Gasteiger partial charge in [-0.15, -0.1) is 0 Å². The summed E-state index contributed by atoms with van der Waals surface area (Å²) >= 11 is 0. The van der Waals surface area contributed by atoms with E-state index in [4.69, 9.17) is 4.74 Å². The largest absolute Gasteiger partial charge is 0.481 e. The second-order valence-corrected chi connectivity index (χ2v) is 7.51. The van der Waals surface area contributed by atoms with E-state index in [2.05, 4.69) is 10.1 Å². The molecule has 1 aliphatic heterocycles. The van der Waals surface area contributed by atoms with Gasteiger partial charge in [0.05, 0.1) is 24.5 Å². The average Bonchev–Trinajstić information content (AvgIpc) is 3.08. The van der Waals surface area contributed by atoms with E-state index in [0.29, 0.717) is 41.4 Å². The first kappa shape index (κ1) is 20.9. The molecule has 0 bridgehead atoms. The minimum absolute atomic E-state index is 0.178. The lowest BCUT2D eigenvalue weighted by Crippen LogP contribution is -2.39. The summed E-state index contributed by atoms with van der Waals surface area (Å²) < 4.78 is 47.8. The van der Waals surface area contributed by atoms with Crippen LogP contribution in [0.5, 0.6) is 5.88 Å². The summed E-state index contributed by atoms with van der Waals surface area (Å²) in [5, 5.41) is 4.52. The zero-order valence-corrected chi connectivity index (χ0v) is 17.5. The molecule has 162 valence electrons. The Bertz CT molecular complexity index is 1170. The molecule has 6 nitrogen and oxygen atoms in total. The van der Waals surface area contributed by atoms with Crippen LogP contribution in [0.4, 0.5) is 13.2 Å². The maximum absolute atomic E-state index is 13.8. The van der Waals surface area contributed by atoms with Crippen molar-refractivity contribution in [2.75, 3.05) is 13.7 Å². The summed E-state index contributed by atoms with van der Waals surface area (Å²) in [4.78, 5) is 19.1. The Hall–Kier alpha value is -3.36. The fourth-order valence-electron chi connectivity index (χ4n) is 4.18. The van der Waals surface area contributed by atoms with Crippen molar-refractivity contribution in [2.45, 2.75) is 26.3 Å². The fraction of sp³-hybridized carbons (Fsp3) is 0.318. The van der Waals surface area contributed by atoms with Crippen LogP contribution in [0.2, 0.25) is 0 Å². The molecule has 0 spiro atoms. The van der Waals surface area contributed by atoms with E-state index in [1.54, 1.807) is 24.9 Å². The number of ether oxygens (including phenoxy) is 1. The molecule has 0 N–H and O–H groups in total. The molecule has 9 heteroatoms. The van der Waals surface area contributed by atoms with Crippen molar-refractivity contribution in [1.29, 1.82) is 0 Å². The number of halogens is 3. The van der Waals surface area contributed by atoms with E-state index < -0.39 is 17.5 Å². The first-order valence-electron chi connectivity index (χ1n) is 9.75. The molecule has 1 aliphatic rings. The molecule has 1 aromatic carbocycles. The van der Waals surface area contributed by atoms with Gasteiger partial charge in [0.1, 0.15) is 0 Å². The molecular weight excluding hydrogens is 409 g/mol. The van der Waals surface area contributed by atoms with Crippen LogP contribution >= 0.6 is 0 Å². The van der Waals surface area contributed by atoms with Gasteiger partial charge in [-0.3, -0.25) is 9.48 Å². The highest BCUT2D eigenvalue weighted by Crippen LogP contribution is 2.37. The van der Waals surface area contributed by atoms with E-state index in [1.807, 2.05) is 6.92 Å². The molecule has 0 saturated carbocycles. The summed E-state index contributed by atoms with van der Waals surface area (Å²) in [7, 11) is 3.15. The maximum Gasteiger partial charge on any atom is 0.254 e. The summed E-state index contributed by atoms with van der Waals surface area (Å²) in [6, 6.07) is 3.20. The topological polar surface area (TPSA) is 60.2 Å². The Kier molecular flexibility index (Phi) is 5.20. The van der Waals surface area contributed by atoms with Crippen molar-refractivity contribution in [1.82, 2.24) is 19.7 Å². The number of fused-ring (bicyclic) bond motifs is 1. The van der Waals surface area contributed by atoms with Gasteiger partial charge in [-0.05, 0) is 38.5 Å². The molecule has 0 radical (unpaired) electrons. The van der Waals surface area contributed by atoms with Crippen molar-refractivity contribution in [3.8, 4) is 17.1 Å². The van der Waals surface area contributed by atoms with Crippen molar-refractivity contribution >= 4 is 5.91 Å². The van der Waals surface area contributed by atoms with Crippen molar-refractivity contribution in [3.63, 3.8) is 0 Å². The summed E-state index contributed by atoms with van der Waals surface area (Å²) in [5.74, 6) is -3.81. The molecule has 3 aromatic rings. The zero-order chi connectivity index (χ0) is 22.4. The third-order valence-corrected chi connectivity index (χ3v) is 5.74. The average molecular weight is 430 g/mol. The van der Waals surface area contributed by atoms with E-state index >= 15 is 0 Å². The number of carbonyl (C=O) groups is 1. The van der Waals surface area contributed by atoms with Crippen LogP contribution in [0.3, 0.4) is 0 Å². The Morgan fingerprint density at radius 1 is 1.23 bits per heavy atom. The number of nitrogens with zero attached hydrogens (tertiary/aromatic N) is 4. The van der Waals surface area contributed by atoms with Gasteiger partial charge in [-0.1, -0.05) is 0 Å². The number of rotatable bonds is 3. The maximum atomic E-state index is 13.8. The molecule has 1 amide bonds. The predicted octanol–water partition coefficient (Wildman–Crippen LogP) is 3.98. The van der Waals surface area contributed by atoms with Crippen LogP contribution in [0.25, 0.3) is 11.3 Å². The van der Waals surface area contributed by atoms with E-state index in [9.17, 15) is 18.0 Å². The third kappa shape index (κ3) is 3.34. The number of aromatic nitrogens is 3. The van der Waals surface area contributed by atoms with E-state index in [1.165, 1.54) is 18.0 Å². The lowest BCUT2D eigenvalue weighted by molar-refractivity contribution is 0.0672. The highest BCUT2D eigenvalue weighted by molar-refractivity contribution is 5.96. The molecule has 4 rings (SSSR count). The standard InChI is InChI=1S/C22H21F3N4O2/c1-11-14(5-7-26-21(11)31-4)22(30)29-8-6-15-19(12(29)2)27-28(3)20(15)13-9-16(23)18(25)17(24)10-13/h5,7,9-10,12H,6,8H2,1-4H3/t12-/m0/s1. The van der Waals surface area contributed by atoms with Crippen LogP contribution in [-0.2, 0) is 13.5 Å². The molecule has 0 unspecified atom stereocenters. The Balaban J connectivity index is 1.72. The molecule has 0 fully saturated rings. The minimum Gasteiger partial charge on any atom is -0.481 e. The van der Waals surface area contributed by atoms with Gasteiger partial charge in [0.2, 0.25) is 5.88 Å². The quantitative estimate of drug-likeness (QED) is 0.590. The Morgan fingerprint density at radius 3 is 2.55 bits per heavy atom. The van der Waals surface area contributed by atoms with Gasteiger partial charge in [-0.25, -0.2) is 18.2 Å². The monoisotopic (exact) mass is 430 g/mol. The van der Waals surface area contributed by atoms with Gasteiger partial charge in [0.25, 0.3) is 5.91 Å². The first-order valence-corrected chi connectivity index (χ1v) is 9.75. The summed E-state index contributed by atoms with van der Waals surface area (Å²) in [6.07, 6.45) is 1.96. The van der Waals surface area contributed by atoms with Crippen molar-refractivity contribution in [3.05, 3.63) is 64.2 Å². The van der Waals surface area contributed by atoms with Gasteiger partial charge < -0.3 is 9.64 Å². The zero-order valence-electron chi connectivity index (χ0n) is 17.5. The lowest BCUT2D eigenvalue weighted by atomic mass is 9.94. The van der Waals surface area contributed by atoms with Crippen molar-refractivity contribution < 1.29 is 22.7 Å². The molecular formula is C22H21F3N4O2. The van der Waals surface area contributed by atoms with Crippen LogP contribution in [0.15, 0.2) is 24.4 Å². The highest BCUT2D eigenvalue weighted by atomic mass is 19.2.